The predicted octanol–water partition coefficient (Wildman–Crippen LogP) is 2.75. The Balaban J connectivity index is 2.40. The predicted molar refractivity (Wildman–Crippen MR) is 63.1 cm³/mol. The summed E-state index contributed by atoms with van der Waals surface area (Å²) in [7, 11) is 0. The van der Waals surface area contributed by atoms with E-state index in [1.807, 2.05) is 19.1 Å². The minimum absolute atomic E-state index is 0.0718. The van der Waals surface area contributed by atoms with Crippen molar-refractivity contribution < 1.29 is 4.39 Å². The van der Waals surface area contributed by atoms with E-state index in [0.717, 1.165) is 29.6 Å². The lowest BCUT2D eigenvalue weighted by Gasteiger charge is -2.25. The molecule has 1 aromatic carbocycles. The number of hydrogen-bond donors (Lipinski definition) is 1. The average Bonchev–Trinajstić information content (AvgIpc) is 2.64. The van der Waals surface area contributed by atoms with Crippen LogP contribution in [0, 0.1) is 12.7 Å². The van der Waals surface area contributed by atoms with Crippen LogP contribution in [-0.4, -0.2) is 11.1 Å². The van der Waals surface area contributed by atoms with Crippen molar-refractivity contribution in [2.45, 2.75) is 26.4 Å². The standard InChI is InChI=1S/C13H15FN2/c1-8-3-4-10-5-11-7-15-6-9(2)16(11)13(10)12(8)14/h3-5,9,15H,6-7H2,1-2H3. The van der Waals surface area contributed by atoms with Gasteiger partial charge in [-0.15, -0.1) is 0 Å². The minimum Gasteiger partial charge on any atom is -0.337 e. The van der Waals surface area contributed by atoms with Gasteiger partial charge in [0, 0.05) is 30.2 Å². The fourth-order valence-electron chi connectivity index (χ4n) is 2.57. The van der Waals surface area contributed by atoms with Crippen molar-refractivity contribution in [3.05, 3.63) is 35.3 Å². The van der Waals surface area contributed by atoms with Crippen LogP contribution in [0.15, 0.2) is 18.2 Å². The average molecular weight is 218 g/mol. The Bertz CT molecular complexity index is 557. The lowest BCUT2D eigenvalue weighted by atomic mass is 10.1. The number of benzene rings is 1. The summed E-state index contributed by atoms with van der Waals surface area (Å²) in [5.41, 5.74) is 2.67. The molecule has 1 aromatic heterocycles. The first-order valence-corrected chi connectivity index (χ1v) is 5.68. The molecule has 3 heteroatoms. The van der Waals surface area contributed by atoms with E-state index in [-0.39, 0.29) is 5.82 Å². The Morgan fingerprint density at radius 2 is 2.25 bits per heavy atom. The van der Waals surface area contributed by atoms with Crippen molar-refractivity contribution in [2.75, 3.05) is 6.54 Å². The van der Waals surface area contributed by atoms with Crippen LogP contribution in [0.25, 0.3) is 10.9 Å². The largest absolute Gasteiger partial charge is 0.337 e. The van der Waals surface area contributed by atoms with E-state index in [1.54, 1.807) is 0 Å². The number of aromatic nitrogens is 1. The quantitative estimate of drug-likeness (QED) is 0.719. The maximum absolute atomic E-state index is 14.2. The molecule has 2 heterocycles. The maximum Gasteiger partial charge on any atom is 0.150 e. The summed E-state index contributed by atoms with van der Waals surface area (Å²) < 4.78 is 16.3. The van der Waals surface area contributed by atoms with E-state index in [0.29, 0.717) is 6.04 Å². The zero-order chi connectivity index (χ0) is 11.3. The normalized spacial score (nSPS) is 20.1. The molecule has 1 N–H and O–H groups in total. The van der Waals surface area contributed by atoms with Crippen molar-refractivity contribution in [3.8, 4) is 0 Å². The first-order valence-electron chi connectivity index (χ1n) is 5.68. The molecule has 0 saturated heterocycles. The van der Waals surface area contributed by atoms with Crippen LogP contribution < -0.4 is 5.32 Å². The number of fused-ring (bicyclic) bond motifs is 3. The summed E-state index contributed by atoms with van der Waals surface area (Å²) in [5, 5.41) is 4.35. The van der Waals surface area contributed by atoms with Gasteiger partial charge in [0.1, 0.15) is 5.82 Å². The van der Waals surface area contributed by atoms with Crippen LogP contribution in [-0.2, 0) is 6.54 Å². The van der Waals surface area contributed by atoms with Gasteiger partial charge in [-0.1, -0.05) is 12.1 Å². The molecule has 0 aliphatic carbocycles. The minimum atomic E-state index is -0.0718. The molecule has 0 radical (unpaired) electrons. The molecule has 16 heavy (non-hydrogen) atoms. The summed E-state index contributed by atoms with van der Waals surface area (Å²) in [6.07, 6.45) is 0. The number of hydrogen-bond acceptors (Lipinski definition) is 1. The second kappa shape index (κ2) is 3.32. The van der Waals surface area contributed by atoms with Crippen LogP contribution >= 0.6 is 0 Å². The van der Waals surface area contributed by atoms with Crippen molar-refractivity contribution in [2.24, 2.45) is 0 Å². The maximum atomic E-state index is 14.2. The SMILES string of the molecule is Cc1ccc2cc3n(c2c1F)C(C)CNC3. The smallest absolute Gasteiger partial charge is 0.150 e. The molecule has 0 amide bonds. The van der Waals surface area contributed by atoms with E-state index < -0.39 is 0 Å². The molecule has 0 fully saturated rings. The van der Waals surface area contributed by atoms with Gasteiger partial charge in [0.05, 0.1) is 5.52 Å². The van der Waals surface area contributed by atoms with Gasteiger partial charge in [-0.05, 0) is 25.5 Å². The van der Waals surface area contributed by atoms with E-state index in [9.17, 15) is 4.39 Å². The van der Waals surface area contributed by atoms with Crippen molar-refractivity contribution in [3.63, 3.8) is 0 Å². The Labute approximate surface area is 94.1 Å². The highest BCUT2D eigenvalue weighted by Crippen LogP contribution is 2.29. The van der Waals surface area contributed by atoms with E-state index in [4.69, 9.17) is 0 Å². The molecule has 0 spiro atoms. The van der Waals surface area contributed by atoms with Crippen LogP contribution in [0.4, 0.5) is 4.39 Å². The molecule has 0 bridgehead atoms. The lowest BCUT2D eigenvalue weighted by molar-refractivity contribution is 0.435. The summed E-state index contributed by atoms with van der Waals surface area (Å²) in [6.45, 7) is 5.68. The van der Waals surface area contributed by atoms with Gasteiger partial charge in [-0.2, -0.15) is 0 Å². The highest BCUT2D eigenvalue weighted by atomic mass is 19.1. The third-order valence-electron chi connectivity index (χ3n) is 3.40. The van der Waals surface area contributed by atoms with Crippen molar-refractivity contribution in [1.82, 2.24) is 9.88 Å². The number of nitrogens with one attached hydrogen (secondary N) is 1. The van der Waals surface area contributed by atoms with Crippen LogP contribution in [0.1, 0.15) is 24.2 Å². The molecular weight excluding hydrogens is 203 g/mol. The number of nitrogens with zero attached hydrogens (tertiary/aromatic N) is 1. The third kappa shape index (κ3) is 1.21. The highest BCUT2D eigenvalue weighted by molar-refractivity contribution is 5.83. The van der Waals surface area contributed by atoms with Crippen molar-refractivity contribution in [1.29, 1.82) is 0 Å². The molecule has 2 nitrogen and oxygen atoms in total. The van der Waals surface area contributed by atoms with E-state index >= 15 is 0 Å². The van der Waals surface area contributed by atoms with Crippen molar-refractivity contribution >= 4 is 10.9 Å². The van der Waals surface area contributed by atoms with Gasteiger partial charge >= 0.3 is 0 Å². The zero-order valence-electron chi connectivity index (χ0n) is 9.55. The molecule has 0 saturated carbocycles. The molecule has 1 atom stereocenters. The van der Waals surface area contributed by atoms with Gasteiger partial charge in [-0.3, -0.25) is 0 Å². The molecule has 1 unspecified atom stereocenters. The molecule has 1 aliphatic rings. The van der Waals surface area contributed by atoms with Gasteiger partial charge in [-0.25, -0.2) is 4.39 Å². The van der Waals surface area contributed by atoms with Gasteiger partial charge in [0.15, 0.2) is 0 Å². The zero-order valence-corrected chi connectivity index (χ0v) is 9.55. The van der Waals surface area contributed by atoms with Crippen LogP contribution in [0.5, 0.6) is 0 Å². The number of aryl methyl sites for hydroxylation is 1. The Morgan fingerprint density at radius 1 is 1.44 bits per heavy atom. The van der Waals surface area contributed by atoms with Gasteiger partial charge in [0.2, 0.25) is 0 Å². The summed E-state index contributed by atoms with van der Waals surface area (Å²) >= 11 is 0. The fraction of sp³-hybridized carbons (Fsp3) is 0.385. The number of rotatable bonds is 0. The lowest BCUT2D eigenvalue weighted by Crippen LogP contribution is -2.31. The van der Waals surface area contributed by atoms with Gasteiger partial charge < -0.3 is 9.88 Å². The molecule has 2 aromatic rings. The summed E-state index contributed by atoms with van der Waals surface area (Å²) in [4.78, 5) is 0. The molecule has 84 valence electrons. The second-order valence-electron chi connectivity index (χ2n) is 4.62. The first kappa shape index (κ1) is 9.85. The summed E-state index contributed by atoms with van der Waals surface area (Å²) in [5.74, 6) is -0.0718. The molecule has 1 aliphatic heterocycles. The fourth-order valence-corrected chi connectivity index (χ4v) is 2.57. The van der Waals surface area contributed by atoms with E-state index in [1.165, 1.54) is 5.69 Å². The molecular formula is C13H15FN2. The summed E-state index contributed by atoms with van der Waals surface area (Å²) in [6, 6.07) is 6.26. The van der Waals surface area contributed by atoms with Crippen LogP contribution in [0.3, 0.4) is 0 Å². The Hall–Kier alpha value is -1.35. The molecule has 3 rings (SSSR count). The highest BCUT2D eigenvalue weighted by Gasteiger charge is 2.20. The van der Waals surface area contributed by atoms with Crippen LogP contribution in [0.2, 0.25) is 0 Å². The van der Waals surface area contributed by atoms with Gasteiger partial charge in [0.25, 0.3) is 0 Å². The Kier molecular flexibility index (Phi) is 2.04. The first-order chi connectivity index (χ1) is 7.68. The Morgan fingerprint density at radius 3 is 3.06 bits per heavy atom. The van der Waals surface area contributed by atoms with E-state index in [2.05, 4.69) is 22.9 Å². The third-order valence-corrected chi connectivity index (χ3v) is 3.40. The number of halogens is 1. The topological polar surface area (TPSA) is 17.0 Å². The monoisotopic (exact) mass is 218 g/mol. The second-order valence-corrected chi connectivity index (χ2v) is 4.62.